The zero-order valence-corrected chi connectivity index (χ0v) is 10.1. The molecular weight excluding hydrogens is 275 g/mol. The number of aliphatic carboxylic acids is 1. The third kappa shape index (κ3) is 2.95. The number of halogens is 3. The van der Waals surface area contributed by atoms with Crippen molar-refractivity contribution in [3.8, 4) is 0 Å². The standard InChI is InChI=1S/C12H10F3N3O2/c13-12(14,15)6-1-2-7-8(5-6)17-9(18-11(7)16)3-4-10(19)20/h1-2,5H,3-4H2,(H,19,20)(H2,16,17,18). The number of carbonyl (C=O) groups is 1. The molecule has 0 aliphatic heterocycles. The van der Waals surface area contributed by atoms with Crippen LogP contribution >= 0.6 is 0 Å². The van der Waals surface area contributed by atoms with Crippen LogP contribution in [0, 0.1) is 0 Å². The maximum Gasteiger partial charge on any atom is 0.416 e. The van der Waals surface area contributed by atoms with Crippen molar-refractivity contribution in [1.82, 2.24) is 9.97 Å². The Bertz CT molecular complexity index is 671. The number of benzene rings is 1. The average Bonchev–Trinajstić information content (AvgIpc) is 2.34. The van der Waals surface area contributed by atoms with Crippen LogP contribution in [0.4, 0.5) is 19.0 Å². The molecule has 0 amide bonds. The van der Waals surface area contributed by atoms with E-state index in [1.165, 1.54) is 6.07 Å². The minimum atomic E-state index is -4.48. The number of aromatic nitrogens is 2. The zero-order chi connectivity index (χ0) is 14.9. The van der Waals surface area contributed by atoms with Crippen molar-refractivity contribution in [2.24, 2.45) is 0 Å². The second-order valence-electron chi connectivity index (χ2n) is 4.15. The average molecular weight is 285 g/mol. The molecule has 2 rings (SSSR count). The molecule has 0 aliphatic carbocycles. The molecule has 0 atom stereocenters. The molecule has 20 heavy (non-hydrogen) atoms. The van der Waals surface area contributed by atoms with Crippen molar-refractivity contribution in [3.05, 3.63) is 29.6 Å². The Morgan fingerprint density at radius 2 is 2.00 bits per heavy atom. The van der Waals surface area contributed by atoms with Gasteiger partial charge in [0.15, 0.2) is 0 Å². The van der Waals surface area contributed by atoms with Gasteiger partial charge in [-0.15, -0.1) is 0 Å². The fourth-order valence-corrected chi connectivity index (χ4v) is 1.71. The van der Waals surface area contributed by atoms with Crippen molar-refractivity contribution < 1.29 is 23.1 Å². The summed E-state index contributed by atoms with van der Waals surface area (Å²) in [6.45, 7) is 0. The van der Waals surface area contributed by atoms with E-state index in [1.54, 1.807) is 0 Å². The Hall–Kier alpha value is -2.38. The summed E-state index contributed by atoms with van der Waals surface area (Å²) >= 11 is 0. The van der Waals surface area contributed by atoms with Gasteiger partial charge < -0.3 is 10.8 Å². The van der Waals surface area contributed by atoms with Gasteiger partial charge in [0.05, 0.1) is 17.5 Å². The number of hydrogen-bond acceptors (Lipinski definition) is 4. The number of carboxylic acid groups (broad SMARTS) is 1. The second kappa shape index (κ2) is 4.95. The van der Waals surface area contributed by atoms with E-state index >= 15 is 0 Å². The minimum Gasteiger partial charge on any atom is -0.481 e. The minimum absolute atomic E-state index is 0.00567. The first-order valence-corrected chi connectivity index (χ1v) is 5.62. The van der Waals surface area contributed by atoms with E-state index in [9.17, 15) is 18.0 Å². The Morgan fingerprint density at radius 1 is 1.30 bits per heavy atom. The number of hydrogen-bond donors (Lipinski definition) is 2. The summed E-state index contributed by atoms with van der Waals surface area (Å²) in [7, 11) is 0. The van der Waals surface area contributed by atoms with Crippen LogP contribution in [0.15, 0.2) is 18.2 Å². The second-order valence-corrected chi connectivity index (χ2v) is 4.15. The number of fused-ring (bicyclic) bond motifs is 1. The monoisotopic (exact) mass is 285 g/mol. The lowest BCUT2D eigenvalue weighted by molar-refractivity contribution is -0.138. The van der Waals surface area contributed by atoms with Crippen molar-refractivity contribution >= 4 is 22.7 Å². The molecule has 0 spiro atoms. The highest BCUT2D eigenvalue weighted by Crippen LogP contribution is 2.31. The number of carboxylic acids is 1. The van der Waals surface area contributed by atoms with E-state index in [0.29, 0.717) is 5.39 Å². The third-order valence-corrected chi connectivity index (χ3v) is 2.66. The molecule has 0 saturated heterocycles. The lowest BCUT2D eigenvalue weighted by Crippen LogP contribution is -2.07. The number of nitrogens with zero attached hydrogens (tertiary/aromatic N) is 2. The van der Waals surface area contributed by atoms with Gasteiger partial charge in [0.25, 0.3) is 0 Å². The number of nitrogen functional groups attached to an aromatic ring is 1. The molecule has 1 aromatic carbocycles. The first-order chi connectivity index (χ1) is 9.27. The fraction of sp³-hybridized carbons (Fsp3) is 0.250. The molecule has 0 fully saturated rings. The van der Waals surface area contributed by atoms with Crippen LogP contribution in [-0.4, -0.2) is 21.0 Å². The van der Waals surface area contributed by atoms with E-state index in [1.807, 2.05) is 0 Å². The highest BCUT2D eigenvalue weighted by Gasteiger charge is 2.30. The van der Waals surface area contributed by atoms with E-state index in [4.69, 9.17) is 10.8 Å². The highest BCUT2D eigenvalue weighted by atomic mass is 19.4. The van der Waals surface area contributed by atoms with Crippen molar-refractivity contribution in [1.29, 1.82) is 0 Å². The van der Waals surface area contributed by atoms with Gasteiger partial charge in [-0.25, -0.2) is 9.97 Å². The number of aryl methyl sites for hydroxylation is 1. The largest absolute Gasteiger partial charge is 0.481 e. The summed E-state index contributed by atoms with van der Waals surface area (Å²) in [5.41, 5.74) is 4.85. The van der Waals surface area contributed by atoms with Gasteiger partial charge in [-0.05, 0) is 18.2 Å². The molecule has 5 nitrogen and oxygen atoms in total. The molecule has 1 heterocycles. The molecule has 1 aromatic heterocycles. The Balaban J connectivity index is 2.47. The molecule has 0 bridgehead atoms. The summed E-state index contributed by atoms with van der Waals surface area (Å²) < 4.78 is 37.9. The third-order valence-electron chi connectivity index (χ3n) is 2.66. The first kappa shape index (κ1) is 14.0. The van der Waals surface area contributed by atoms with E-state index in [0.717, 1.165) is 12.1 Å². The number of anilines is 1. The number of alkyl halides is 3. The van der Waals surface area contributed by atoms with Gasteiger partial charge in [-0.2, -0.15) is 13.2 Å². The smallest absolute Gasteiger partial charge is 0.416 e. The van der Waals surface area contributed by atoms with Crippen molar-refractivity contribution in [2.75, 3.05) is 5.73 Å². The maximum absolute atomic E-state index is 12.6. The Kier molecular flexibility index (Phi) is 3.47. The molecule has 0 saturated carbocycles. The molecule has 0 unspecified atom stereocenters. The maximum atomic E-state index is 12.6. The molecule has 8 heteroatoms. The van der Waals surface area contributed by atoms with Crippen LogP contribution in [0.25, 0.3) is 10.9 Å². The molecular formula is C12H10F3N3O2. The molecule has 0 radical (unpaired) electrons. The molecule has 106 valence electrons. The SMILES string of the molecule is Nc1nc(CCC(=O)O)nc2cc(C(F)(F)F)ccc12. The topological polar surface area (TPSA) is 89.1 Å². The summed E-state index contributed by atoms with van der Waals surface area (Å²) in [6.07, 6.45) is -4.69. The van der Waals surface area contributed by atoms with Crippen LogP contribution in [0.2, 0.25) is 0 Å². The van der Waals surface area contributed by atoms with Crippen LogP contribution in [0.5, 0.6) is 0 Å². The van der Waals surface area contributed by atoms with Gasteiger partial charge in [-0.1, -0.05) is 0 Å². The zero-order valence-electron chi connectivity index (χ0n) is 10.1. The van der Waals surface area contributed by atoms with E-state index in [-0.39, 0.29) is 30.0 Å². The van der Waals surface area contributed by atoms with Gasteiger partial charge in [-0.3, -0.25) is 4.79 Å². The van der Waals surface area contributed by atoms with Crippen LogP contribution in [0.3, 0.4) is 0 Å². The first-order valence-electron chi connectivity index (χ1n) is 5.62. The molecule has 3 N–H and O–H groups in total. The van der Waals surface area contributed by atoms with Gasteiger partial charge in [0.1, 0.15) is 11.6 Å². The summed E-state index contributed by atoms with van der Waals surface area (Å²) in [6, 6.07) is 2.98. The summed E-state index contributed by atoms with van der Waals surface area (Å²) in [5, 5.41) is 8.88. The Labute approximate surface area is 111 Å². The highest BCUT2D eigenvalue weighted by molar-refractivity contribution is 5.88. The number of rotatable bonds is 3. The van der Waals surface area contributed by atoms with Gasteiger partial charge >= 0.3 is 12.1 Å². The molecule has 2 aromatic rings. The van der Waals surface area contributed by atoms with Gasteiger partial charge in [0.2, 0.25) is 0 Å². The normalized spacial score (nSPS) is 11.8. The van der Waals surface area contributed by atoms with Crippen LogP contribution < -0.4 is 5.73 Å². The van der Waals surface area contributed by atoms with Crippen molar-refractivity contribution in [2.45, 2.75) is 19.0 Å². The van der Waals surface area contributed by atoms with Gasteiger partial charge in [0, 0.05) is 11.8 Å². The lowest BCUT2D eigenvalue weighted by Gasteiger charge is -2.09. The predicted octanol–water partition coefficient (Wildman–Crippen LogP) is 2.25. The Morgan fingerprint density at radius 3 is 2.60 bits per heavy atom. The van der Waals surface area contributed by atoms with Crippen LogP contribution in [0.1, 0.15) is 17.8 Å². The lowest BCUT2D eigenvalue weighted by atomic mass is 10.1. The summed E-state index contributed by atoms with van der Waals surface area (Å²) in [5.74, 6) is -0.905. The number of nitrogens with two attached hydrogens (primary N) is 1. The van der Waals surface area contributed by atoms with Crippen molar-refractivity contribution in [3.63, 3.8) is 0 Å². The molecule has 0 aliphatic rings. The van der Waals surface area contributed by atoms with Crippen LogP contribution in [-0.2, 0) is 17.4 Å². The van der Waals surface area contributed by atoms with E-state index < -0.39 is 17.7 Å². The quantitative estimate of drug-likeness (QED) is 0.902. The summed E-state index contributed by atoms with van der Waals surface area (Å²) in [4.78, 5) is 18.3. The predicted molar refractivity (Wildman–Crippen MR) is 64.9 cm³/mol. The fourth-order valence-electron chi connectivity index (χ4n) is 1.71. The van der Waals surface area contributed by atoms with E-state index in [2.05, 4.69) is 9.97 Å².